The number of carboxylic acid groups (broad SMARTS) is 1. The van der Waals surface area contributed by atoms with Crippen LogP contribution < -0.4 is 0 Å². The summed E-state index contributed by atoms with van der Waals surface area (Å²) in [5.41, 5.74) is -0.550. The van der Waals surface area contributed by atoms with Crippen molar-refractivity contribution in [2.45, 2.75) is 26.7 Å². The van der Waals surface area contributed by atoms with Gasteiger partial charge >= 0.3 is 5.97 Å². The number of carbonyl (C=O) groups is 1. The molecule has 0 saturated carbocycles. The molecule has 14 heavy (non-hydrogen) atoms. The van der Waals surface area contributed by atoms with Crippen LogP contribution in [0.5, 0.6) is 0 Å². The van der Waals surface area contributed by atoms with Crippen molar-refractivity contribution >= 4 is 5.97 Å². The SMILES string of the molecule is CCC(CC)(CN1CC=CC1)C(=O)O. The molecule has 1 N–H and O–H groups in total. The van der Waals surface area contributed by atoms with Crippen LogP contribution in [0.4, 0.5) is 0 Å². The molecular formula is C11H19NO2. The summed E-state index contributed by atoms with van der Waals surface area (Å²) in [4.78, 5) is 13.4. The van der Waals surface area contributed by atoms with Crippen LogP contribution in [0.1, 0.15) is 26.7 Å². The molecule has 0 aliphatic carbocycles. The summed E-state index contributed by atoms with van der Waals surface area (Å²) in [7, 11) is 0. The van der Waals surface area contributed by atoms with E-state index < -0.39 is 11.4 Å². The summed E-state index contributed by atoms with van der Waals surface area (Å²) in [5.74, 6) is -0.658. The van der Waals surface area contributed by atoms with Gasteiger partial charge in [0, 0.05) is 19.6 Å². The molecule has 1 aliphatic rings. The second-order valence-electron chi connectivity index (χ2n) is 3.96. The first-order valence-corrected chi connectivity index (χ1v) is 5.25. The summed E-state index contributed by atoms with van der Waals surface area (Å²) in [5, 5.41) is 9.24. The summed E-state index contributed by atoms with van der Waals surface area (Å²) < 4.78 is 0. The van der Waals surface area contributed by atoms with Crippen molar-refractivity contribution in [2.24, 2.45) is 5.41 Å². The average Bonchev–Trinajstić information content (AvgIpc) is 2.66. The molecule has 0 fully saturated rings. The van der Waals surface area contributed by atoms with Gasteiger partial charge in [0.2, 0.25) is 0 Å². The molecule has 0 spiro atoms. The van der Waals surface area contributed by atoms with Crippen LogP contribution in [-0.4, -0.2) is 35.6 Å². The fraction of sp³-hybridized carbons (Fsp3) is 0.727. The Morgan fingerprint density at radius 1 is 1.36 bits per heavy atom. The molecule has 0 aromatic carbocycles. The Morgan fingerprint density at radius 2 is 1.86 bits per heavy atom. The Bertz CT molecular complexity index is 223. The second-order valence-corrected chi connectivity index (χ2v) is 3.96. The van der Waals surface area contributed by atoms with Gasteiger partial charge in [0.15, 0.2) is 0 Å². The minimum absolute atomic E-state index is 0.550. The molecule has 0 radical (unpaired) electrons. The molecule has 0 aromatic heterocycles. The highest BCUT2D eigenvalue weighted by atomic mass is 16.4. The molecule has 1 aliphatic heterocycles. The number of carboxylic acids is 1. The molecule has 0 amide bonds. The first kappa shape index (κ1) is 11.2. The van der Waals surface area contributed by atoms with Gasteiger partial charge in [0.25, 0.3) is 0 Å². The largest absolute Gasteiger partial charge is 0.481 e. The lowest BCUT2D eigenvalue weighted by molar-refractivity contribution is -0.150. The van der Waals surface area contributed by atoms with Crippen LogP contribution >= 0.6 is 0 Å². The molecule has 0 saturated heterocycles. The van der Waals surface area contributed by atoms with Gasteiger partial charge in [0.05, 0.1) is 5.41 Å². The Morgan fingerprint density at radius 3 is 2.21 bits per heavy atom. The molecule has 1 rings (SSSR count). The highest BCUT2D eigenvalue weighted by Gasteiger charge is 2.36. The van der Waals surface area contributed by atoms with Crippen LogP contribution in [-0.2, 0) is 4.79 Å². The van der Waals surface area contributed by atoms with E-state index in [0.717, 1.165) is 13.1 Å². The minimum atomic E-state index is -0.658. The quantitative estimate of drug-likeness (QED) is 0.683. The van der Waals surface area contributed by atoms with Crippen LogP contribution in [0.15, 0.2) is 12.2 Å². The molecule has 3 heteroatoms. The maximum atomic E-state index is 11.2. The number of rotatable bonds is 5. The zero-order valence-corrected chi connectivity index (χ0v) is 8.99. The zero-order chi connectivity index (χ0) is 10.6. The third kappa shape index (κ3) is 2.15. The fourth-order valence-electron chi connectivity index (χ4n) is 1.92. The van der Waals surface area contributed by atoms with Crippen molar-refractivity contribution in [1.82, 2.24) is 4.90 Å². The van der Waals surface area contributed by atoms with Gasteiger partial charge in [0.1, 0.15) is 0 Å². The number of hydrogen-bond donors (Lipinski definition) is 1. The van der Waals surface area contributed by atoms with Crippen molar-refractivity contribution in [1.29, 1.82) is 0 Å². The van der Waals surface area contributed by atoms with Gasteiger partial charge in [-0.25, -0.2) is 0 Å². The van der Waals surface area contributed by atoms with E-state index in [-0.39, 0.29) is 0 Å². The Labute approximate surface area is 85.4 Å². The normalized spacial score (nSPS) is 17.6. The third-order valence-electron chi connectivity index (χ3n) is 3.23. The lowest BCUT2D eigenvalue weighted by Gasteiger charge is -2.31. The Kier molecular flexibility index (Phi) is 3.69. The van der Waals surface area contributed by atoms with Gasteiger partial charge in [-0.15, -0.1) is 0 Å². The zero-order valence-electron chi connectivity index (χ0n) is 8.99. The Hall–Kier alpha value is -0.830. The van der Waals surface area contributed by atoms with Crippen molar-refractivity contribution in [3.05, 3.63) is 12.2 Å². The van der Waals surface area contributed by atoms with Gasteiger partial charge in [-0.05, 0) is 12.8 Å². The predicted molar refractivity (Wildman–Crippen MR) is 56.2 cm³/mol. The molecule has 1 heterocycles. The van der Waals surface area contributed by atoms with E-state index in [4.69, 9.17) is 0 Å². The molecule has 0 aromatic rings. The molecular weight excluding hydrogens is 178 g/mol. The molecule has 0 atom stereocenters. The topological polar surface area (TPSA) is 40.5 Å². The second kappa shape index (κ2) is 4.60. The van der Waals surface area contributed by atoms with Crippen molar-refractivity contribution in [3.63, 3.8) is 0 Å². The van der Waals surface area contributed by atoms with E-state index in [2.05, 4.69) is 17.1 Å². The van der Waals surface area contributed by atoms with E-state index in [1.54, 1.807) is 0 Å². The molecule has 80 valence electrons. The molecule has 0 bridgehead atoms. The monoisotopic (exact) mass is 197 g/mol. The lowest BCUT2D eigenvalue weighted by atomic mass is 9.82. The number of hydrogen-bond acceptors (Lipinski definition) is 2. The summed E-state index contributed by atoms with van der Waals surface area (Å²) in [6.45, 7) is 6.38. The predicted octanol–water partition coefficient (Wildman–Crippen LogP) is 1.75. The minimum Gasteiger partial charge on any atom is -0.481 e. The van der Waals surface area contributed by atoms with Crippen molar-refractivity contribution in [3.8, 4) is 0 Å². The summed E-state index contributed by atoms with van der Waals surface area (Å²) in [6.07, 6.45) is 5.60. The fourth-order valence-corrected chi connectivity index (χ4v) is 1.92. The highest BCUT2D eigenvalue weighted by Crippen LogP contribution is 2.28. The summed E-state index contributed by atoms with van der Waals surface area (Å²) in [6, 6.07) is 0. The van der Waals surface area contributed by atoms with Gasteiger partial charge in [-0.1, -0.05) is 26.0 Å². The maximum absolute atomic E-state index is 11.2. The van der Waals surface area contributed by atoms with Gasteiger partial charge in [-0.3, -0.25) is 9.69 Å². The molecule has 3 nitrogen and oxygen atoms in total. The molecule has 0 unspecified atom stereocenters. The van der Waals surface area contributed by atoms with Crippen molar-refractivity contribution in [2.75, 3.05) is 19.6 Å². The van der Waals surface area contributed by atoms with E-state index in [0.29, 0.717) is 19.4 Å². The van der Waals surface area contributed by atoms with Crippen LogP contribution in [0.3, 0.4) is 0 Å². The van der Waals surface area contributed by atoms with E-state index >= 15 is 0 Å². The van der Waals surface area contributed by atoms with E-state index in [1.807, 2.05) is 13.8 Å². The van der Waals surface area contributed by atoms with Gasteiger partial charge < -0.3 is 5.11 Å². The first-order valence-electron chi connectivity index (χ1n) is 5.25. The van der Waals surface area contributed by atoms with Crippen LogP contribution in [0.2, 0.25) is 0 Å². The van der Waals surface area contributed by atoms with Crippen molar-refractivity contribution < 1.29 is 9.90 Å². The Balaban J connectivity index is 2.62. The van der Waals surface area contributed by atoms with E-state index in [9.17, 15) is 9.90 Å². The lowest BCUT2D eigenvalue weighted by Crippen LogP contribution is -2.41. The standard InChI is InChI=1S/C11H19NO2/c1-3-11(4-2,10(13)14)9-12-7-5-6-8-12/h5-6H,3-4,7-9H2,1-2H3,(H,13,14). The van der Waals surface area contributed by atoms with Crippen LogP contribution in [0.25, 0.3) is 0 Å². The highest BCUT2D eigenvalue weighted by molar-refractivity contribution is 5.74. The maximum Gasteiger partial charge on any atom is 0.310 e. The average molecular weight is 197 g/mol. The van der Waals surface area contributed by atoms with E-state index in [1.165, 1.54) is 0 Å². The van der Waals surface area contributed by atoms with Gasteiger partial charge in [-0.2, -0.15) is 0 Å². The van der Waals surface area contributed by atoms with Crippen LogP contribution in [0, 0.1) is 5.41 Å². The summed E-state index contributed by atoms with van der Waals surface area (Å²) >= 11 is 0. The number of nitrogens with zero attached hydrogens (tertiary/aromatic N) is 1. The smallest absolute Gasteiger partial charge is 0.310 e. The first-order chi connectivity index (χ1) is 6.64. The number of aliphatic carboxylic acids is 1. The third-order valence-corrected chi connectivity index (χ3v) is 3.23.